The van der Waals surface area contributed by atoms with Crippen LogP contribution in [-0.4, -0.2) is 29.4 Å². The Morgan fingerprint density at radius 3 is 2.70 bits per heavy atom. The van der Waals surface area contributed by atoms with Gasteiger partial charge in [0.15, 0.2) is 12.4 Å². The highest BCUT2D eigenvalue weighted by Gasteiger charge is 2.20. The summed E-state index contributed by atoms with van der Waals surface area (Å²) in [5.41, 5.74) is 6.63. The summed E-state index contributed by atoms with van der Waals surface area (Å²) in [4.78, 5) is 34.9. The summed E-state index contributed by atoms with van der Waals surface area (Å²) >= 11 is 0. The summed E-state index contributed by atoms with van der Waals surface area (Å²) in [5.74, 6) is -1.63. The highest BCUT2D eigenvalue weighted by molar-refractivity contribution is 5.99. The zero-order valence-corrected chi connectivity index (χ0v) is 12.6. The molecule has 0 aliphatic heterocycles. The Balaban J connectivity index is 1.94. The van der Waals surface area contributed by atoms with Gasteiger partial charge in [0, 0.05) is 11.3 Å². The third-order valence-corrected chi connectivity index (χ3v) is 2.98. The van der Waals surface area contributed by atoms with Gasteiger partial charge in [-0.05, 0) is 26.0 Å². The van der Waals surface area contributed by atoms with Gasteiger partial charge >= 0.3 is 5.97 Å². The standard InChI is InChI=1S/C15H15N3O5/c1-8-13(14(16)23-18-8)15(21)22-7-12(20)17-11-5-3-4-10(6-11)9(2)19/h3-6H,7,16H2,1-2H3,(H,17,20). The van der Waals surface area contributed by atoms with Gasteiger partial charge in [0.2, 0.25) is 5.88 Å². The summed E-state index contributed by atoms with van der Waals surface area (Å²) in [6.07, 6.45) is 0. The van der Waals surface area contributed by atoms with Crippen molar-refractivity contribution in [3.05, 3.63) is 41.1 Å². The fraction of sp³-hybridized carbons (Fsp3) is 0.200. The molecule has 0 spiro atoms. The van der Waals surface area contributed by atoms with Crippen molar-refractivity contribution in [2.45, 2.75) is 13.8 Å². The van der Waals surface area contributed by atoms with Crippen molar-refractivity contribution in [3.8, 4) is 0 Å². The maximum absolute atomic E-state index is 11.8. The molecule has 1 aromatic carbocycles. The summed E-state index contributed by atoms with van der Waals surface area (Å²) in [6, 6.07) is 6.42. The van der Waals surface area contributed by atoms with E-state index in [2.05, 4.69) is 15.0 Å². The summed E-state index contributed by atoms with van der Waals surface area (Å²) in [5, 5.41) is 6.05. The van der Waals surface area contributed by atoms with Crippen LogP contribution in [0, 0.1) is 6.92 Å². The average Bonchev–Trinajstić information content (AvgIpc) is 2.84. The van der Waals surface area contributed by atoms with E-state index in [0.717, 1.165) is 0 Å². The number of ether oxygens (including phenoxy) is 1. The lowest BCUT2D eigenvalue weighted by Crippen LogP contribution is -2.21. The Hall–Kier alpha value is -3.16. The van der Waals surface area contributed by atoms with Crippen molar-refractivity contribution >= 4 is 29.2 Å². The number of nitrogens with two attached hydrogens (primary N) is 1. The average molecular weight is 317 g/mol. The van der Waals surface area contributed by atoms with E-state index in [1.165, 1.54) is 19.9 Å². The fourth-order valence-electron chi connectivity index (χ4n) is 1.85. The monoisotopic (exact) mass is 317 g/mol. The molecule has 1 aromatic heterocycles. The van der Waals surface area contributed by atoms with Crippen LogP contribution in [0.5, 0.6) is 0 Å². The first-order valence-corrected chi connectivity index (χ1v) is 6.68. The van der Waals surface area contributed by atoms with Gasteiger partial charge in [0.1, 0.15) is 5.56 Å². The molecular weight excluding hydrogens is 302 g/mol. The lowest BCUT2D eigenvalue weighted by atomic mass is 10.1. The van der Waals surface area contributed by atoms with Crippen molar-refractivity contribution < 1.29 is 23.6 Å². The van der Waals surface area contributed by atoms with E-state index < -0.39 is 18.5 Å². The molecule has 0 fully saturated rings. The second-order valence-electron chi connectivity index (χ2n) is 4.77. The molecule has 0 radical (unpaired) electrons. The molecule has 0 saturated carbocycles. The number of rotatable bonds is 5. The van der Waals surface area contributed by atoms with Crippen LogP contribution in [0.3, 0.4) is 0 Å². The number of amides is 1. The van der Waals surface area contributed by atoms with Crippen LogP contribution < -0.4 is 11.1 Å². The fourth-order valence-corrected chi connectivity index (χ4v) is 1.85. The van der Waals surface area contributed by atoms with Crippen LogP contribution in [-0.2, 0) is 9.53 Å². The minimum Gasteiger partial charge on any atom is -0.452 e. The number of anilines is 2. The zero-order chi connectivity index (χ0) is 17.0. The zero-order valence-electron chi connectivity index (χ0n) is 12.6. The minimum atomic E-state index is -0.797. The molecule has 2 aromatic rings. The van der Waals surface area contributed by atoms with Gasteiger partial charge in [-0.15, -0.1) is 0 Å². The van der Waals surface area contributed by atoms with Gasteiger partial charge in [0.05, 0.1) is 5.69 Å². The third kappa shape index (κ3) is 3.94. The Kier molecular flexibility index (Phi) is 4.75. The topological polar surface area (TPSA) is 125 Å². The second-order valence-corrected chi connectivity index (χ2v) is 4.77. The van der Waals surface area contributed by atoms with Gasteiger partial charge in [-0.1, -0.05) is 17.3 Å². The number of Topliss-reactive ketones (excluding diaryl/α,β-unsaturated/α-hetero) is 1. The maximum atomic E-state index is 11.8. The molecule has 120 valence electrons. The largest absolute Gasteiger partial charge is 0.452 e. The number of aryl methyl sites for hydroxylation is 1. The van der Waals surface area contributed by atoms with E-state index in [0.29, 0.717) is 11.3 Å². The number of carbonyl (C=O) groups is 3. The summed E-state index contributed by atoms with van der Waals surface area (Å²) in [6.45, 7) is 2.45. The van der Waals surface area contributed by atoms with Crippen LogP contribution in [0.1, 0.15) is 33.3 Å². The van der Waals surface area contributed by atoms with Crippen LogP contribution in [0.15, 0.2) is 28.8 Å². The molecule has 0 aliphatic rings. The highest BCUT2D eigenvalue weighted by Crippen LogP contribution is 2.16. The number of nitrogens with one attached hydrogen (secondary N) is 1. The molecule has 8 nitrogen and oxygen atoms in total. The quantitative estimate of drug-likeness (QED) is 0.633. The molecule has 0 saturated heterocycles. The van der Waals surface area contributed by atoms with Gasteiger partial charge in [-0.3, -0.25) is 9.59 Å². The number of nitrogen functional groups attached to an aromatic ring is 1. The molecule has 0 unspecified atom stereocenters. The van der Waals surface area contributed by atoms with Gasteiger partial charge in [-0.25, -0.2) is 4.79 Å². The Labute approximate surface area is 131 Å². The van der Waals surface area contributed by atoms with E-state index >= 15 is 0 Å². The second kappa shape index (κ2) is 6.73. The summed E-state index contributed by atoms with van der Waals surface area (Å²) < 4.78 is 9.51. The Morgan fingerprint density at radius 2 is 2.09 bits per heavy atom. The first-order chi connectivity index (χ1) is 10.9. The first-order valence-electron chi connectivity index (χ1n) is 6.68. The molecule has 1 heterocycles. The lowest BCUT2D eigenvalue weighted by molar-refractivity contribution is -0.119. The Bertz CT molecular complexity index is 747. The number of carbonyl (C=O) groups excluding carboxylic acids is 3. The van der Waals surface area contributed by atoms with Gasteiger partial charge < -0.3 is 20.3 Å². The number of hydrogen-bond acceptors (Lipinski definition) is 7. The highest BCUT2D eigenvalue weighted by atomic mass is 16.5. The van der Waals surface area contributed by atoms with Gasteiger partial charge in [-0.2, -0.15) is 0 Å². The molecule has 8 heteroatoms. The smallest absolute Gasteiger partial charge is 0.346 e. The molecule has 0 bridgehead atoms. The van der Waals surface area contributed by atoms with Crippen LogP contribution in [0.25, 0.3) is 0 Å². The lowest BCUT2D eigenvalue weighted by Gasteiger charge is -2.07. The number of ketones is 1. The first kappa shape index (κ1) is 16.2. The van der Waals surface area contributed by atoms with Crippen molar-refractivity contribution in [3.63, 3.8) is 0 Å². The number of hydrogen-bond donors (Lipinski definition) is 2. The van der Waals surface area contributed by atoms with E-state index in [9.17, 15) is 14.4 Å². The predicted octanol–water partition coefficient (Wildman–Crippen LogP) is 1.56. The molecule has 0 aliphatic carbocycles. The van der Waals surface area contributed by atoms with Crippen LogP contribution in [0.2, 0.25) is 0 Å². The number of benzene rings is 1. The number of aromatic nitrogens is 1. The molecule has 1 amide bonds. The van der Waals surface area contributed by atoms with E-state index in [4.69, 9.17) is 10.5 Å². The molecule has 0 atom stereocenters. The van der Waals surface area contributed by atoms with Crippen molar-refractivity contribution in [2.75, 3.05) is 17.7 Å². The number of nitrogens with zero attached hydrogens (tertiary/aromatic N) is 1. The van der Waals surface area contributed by atoms with Crippen LogP contribution >= 0.6 is 0 Å². The minimum absolute atomic E-state index is 0.00335. The molecule has 3 N–H and O–H groups in total. The molecular formula is C15H15N3O5. The van der Waals surface area contributed by atoms with Crippen LogP contribution in [0.4, 0.5) is 11.6 Å². The maximum Gasteiger partial charge on any atom is 0.346 e. The van der Waals surface area contributed by atoms with E-state index in [-0.39, 0.29) is 22.9 Å². The predicted molar refractivity (Wildman–Crippen MR) is 81.0 cm³/mol. The molecule has 23 heavy (non-hydrogen) atoms. The van der Waals surface area contributed by atoms with Crippen molar-refractivity contribution in [2.24, 2.45) is 0 Å². The van der Waals surface area contributed by atoms with E-state index in [1.54, 1.807) is 18.2 Å². The van der Waals surface area contributed by atoms with Gasteiger partial charge in [0.25, 0.3) is 5.91 Å². The van der Waals surface area contributed by atoms with Crippen molar-refractivity contribution in [1.29, 1.82) is 0 Å². The Morgan fingerprint density at radius 1 is 1.35 bits per heavy atom. The summed E-state index contributed by atoms with van der Waals surface area (Å²) in [7, 11) is 0. The normalized spacial score (nSPS) is 10.2. The molecule has 2 rings (SSSR count). The van der Waals surface area contributed by atoms with E-state index in [1.807, 2.05) is 0 Å². The number of esters is 1. The third-order valence-electron chi connectivity index (χ3n) is 2.98. The SMILES string of the molecule is CC(=O)c1cccc(NC(=O)COC(=O)c2c(C)noc2N)c1. The van der Waals surface area contributed by atoms with Crippen molar-refractivity contribution in [1.82, 2.24) is 5.16 Å².